The second kappa shape index (κ2) is 15.9. The van der Waals surface area contributed by atoms with Gasteiger partial charge < -0.3 is 24.8 Å². The van der Waals surface area contributed by atoms with Gasteiger partial charge in [0.1, 0.15) is 11.4 Å². The van der Waals surface area contributed by atoms with Crippen LogP contribution >= 0.6 is 11.6 Å². The number of benzene rings is 1. The fourth-order valence-corrected chi connectivity index (χ4v) is 2.49. The highest BCUT2D eigenvalue weighted by Crippen LogP contribution is 2.14. The number of carbonyl (C=O) groups excluding carboxylic acids is 1. The van der Waals surface area contributed by atoms with Gasteiger partial charge in [0, 0.05) is 32.0 Å². The molecule has 1 amide bonds. The number of alkyl carbamates (subject to hydrolysis) is 1. The topological polar surface area (TPSA) is 94.6 Å². The largest absolute Gasteiger partial charge is 0.444 e. The van der Waals surface area contributed by atoms with E-state index in [0.29, 0.717) is 31.1 Å². The van der Waals surface area contributed by atoms with Gasteiger partial charge in [0.15, 0.2) is 0 Å². The molecular weight excluding hydrogens is 456 g/mol. The van der Waals surface area contributed by atoms with E-state index in [1.54, 1.807) is 20.8 Å². The second-order valence-electron chi connectivity index (χ2n) is 8.00. The summed E-state index contributed by atoms with van der Waals surface area (Å²) in [4.78, 5) is 19.9. The van der Waals surface area contributed by atoms with Crippen LogP contribution in [0.25, 0.3) is 0 Å². The van der Waals surface area contributed by atoms with E-state index in [0.717, 1.165) is 0 Å². The molecule has 0 saturated carbocycles. The molecule has 0 aliphatic heterocycles. The van der Waals surface area contributed by atoms with Gasteiger partial charge in [-0.25, -0.2) is 9.78 Å². The fourth-order valence-electron chi connectivity index (χ4n) is 2.35. The molecule has 1 atom stereocenters. The number of amides is 1. The number of anilines is 1. The standard InChI is InChI=1S/C19H29ClN4O4.C6H6/c1-7-26-15(27-8-2)10-9-14-12-21-17(20)24-16(14)23-13(3)11-22-18(25)28-19(4,5)6;1-2-4-6-5-3-1/h12-13,15H,7-8,11H2,1-6H3,(H,22,25)(H,21,23,24);1-6H/t13-;/m0./s1. The lowest BCUT2D eigenvalue weighted by atomic mass is 10.2. The van der Waals surface area contributed by atoms with Crippen molar-refractivity contribution in [1.29, 1.82) is 0 Å². The molecule has 0 saturated heterocycles. The smallest absolute Gasteiger partial charge is 0.407 e. The van der Waals surface area contributed by atoms with E-state index in [1.165, 1.54) is 6.20 Å². The Labute approximate surface area is 207 Å². The van der Waals surface area contributed by atoms with Gasteiger partial charge in [0.2, 0.25) is 11.6 Å². The van der Waals surface area contributed by atoms with E-state index in [4.69, 9.17) is 25.8 Å². The van der Waals surface area contributed by atoms with E-state index < -0.39 is 18.0 Å². The zero-order valence-electron chi connectivity index (χ0n) is 20.7. The van der Waals surface area contributed by atoms with Crippen LogP contribution in [0.4, 0.5) is 10.6 Å². The predicted molar refractivity (Wildman–Crippen MR) is 135 cm³/mol. The third-order valence-electron chi connectivity index (χ3n) is 3.72. The van der Waals surface area contributed by atoms with Crippen LogP contribution in [-0.4, -0.2) is 53.8 Å². The predicted octanol–water partition coefficient (Wildman–Crippen LogP) is 4.89. The van der Waals surface area contributed by atoms with Gasteiger partial charge in [-0.15, -0.1) is 0 Å². The first-order valence-electron chi connectivity index (χ1n) is 11.1. The van der Waals surface area contributed by atoms with E-state index in [1.807, 2.05) is 57.2 Å². The van der Waals surface area contributed by atoms with Crippen LogP contribution in [-0.2, 0) is 14.2 Å². The van der Waals surface area contributed by atoms with Gasteiger partial charge in [-0.2, -0.15) is 4.98 Å². The zero-order valence-corrected chi connectivity index (χ0v) is 21.5. The summed E-state index contributed by atoms with van der Waals surface area (Å²) in [6, 6.07) is 11.8. The minimum Gasteiger partial charge on any atom is -0.444 e. The summed E-state index contributed by atoms with van der Waals surface area (Å²) < 4.78 is 16.0. The van der Waals surface area contributed by atoms with E-state index >= 15 is 0 Å². The molecule has 186 valence electrons. The van der Waals surface area contributed by atoms with Gasteiger partial charge in [0.05, 0.1) is 5.56 Å². The minimum absolute atomic E-state index is 0.0894. The molecule has 34 heavy (non-hydrogen) atoms. The quantitative estimate of drug-likeness (QED) is 0.309. The number of carbonyl (C=O) groups is 1. The minimum atomic E-state index is -0.634. The number of halogens is 1. The van der Waals surface area contributed by atoms with Crippen molar-refractivity contribution in [2.75, 3.05) is 25.1 Å². The summed E-state index contributed by atoms with van der Waals surface area (Å²) in [6.45, 7) is 12.3. The maximum absolute atomic E-state index is 11.8. The summed E-state index contributed by atoms with van der Waals surface area (Å²) in [6.07, 6.45) is 0.399. The Morgan fingerprint density at radius 1 is 1.09 bits per heavy atom. The summed E-state index contributed by atoms with van der Waals surface area (Å²) in [5, 5.41) is 5.96. The molecule has 0 fully saturated rings. The van der Waals surface area contributed by atoms with Crippen molar-refractivity contribution in [3.05, 3.63) is 53.4 Å². The number of nitrogens with zero attached hydrogens (tertiary/aromatic N) is 2. The van der Waals surface area contributed by atoms with Crippen LogP contribution in [0.3, 0.4) is 0 Å². The Bertz CT molecular complexity index is 878. The number of hydrogen-bond donors (Lipinski definition) is 2. The van der Waals surface area contributed by atoms with Gasteiger partial charge >= 0.3 is 6.09 Å². The van der Waals surface area contributed by atoms with Crippen molar-refractivity contribution in [1.82, 2.24) is 15.3 Å². The fraction of sp³-hybridized carbons (Fsp3) is 0.480. The Morgan fingerprint density at radius 3 is 2.15 bits per heavy atom. The van der Waals surface area contributed by atoms with Gasteiger partial charge in [0.25, 0.3) is 0 Å². The highest BCUT2D eigenvalue weighted by molar-refractivity contribution is 6.28. The van der Waals surface area contributed by atoms with Crippen LogP contribution in [0.5, 0.6) is 0 Å². The summed E-state index contributed by atoms with van der Waals surface area (Å²) in [7, 11) is 0. The molecule has 0 spiro atoms. The van der Waals surface area contributed by atoms with Gasteiger partial charge in [-0.3, -0.25) is 0 Å². The molecule has 1 aromatic heterocycles. The number of nitrogens with one attached hydrogen (secondary N) is 2. The maximum atomic E-state index is 11.8. The molecule has 0 unspecified atom stereocenters. The van der Waals surface area contributed by atoms with Gasteiger partial charge in [-0.05, 0) is 59.1 Å². The zero-order chi connectivity index (χ0) is 25.4. The first-order valence-corrected chi connectivity index (χ1v) is 11.5. The molecule has 2 rings (SSSR count). The number of hydrogen-bond acceptors (Lipinski definition) is 7. The molecular formula is C25H35ClN4O4. The molecule has 0 aliphatic carbocycles. The van der Waals surface area contributed by atoms with Crippen LogP contribution < -0.4 is 10.6 Å². The second-order valence-corrected chi connectivity index (χ2v) is 8.33. The monoisotopic (exact) mass is 490 g/mol. The Kier molecular flexibility index (Phi) is 13.6. The van der Waals surface area contributed by atoms with E-state index in [9.17, 15) is 4.79 Å². The molecule has 2 N–H and O–H groups in total. The molecule has 2 aromatic rings. The molecule has 1 heterocycles. The van der Waals surface area contributed by atoms with Gasteiger partial charge in [-0.1, -0.05) is 42.3 Å². The number of rotatable bonds is 8. The SMILES string of the molecule is CCOC(C#Cc1cnc(Cl)nc1N[C@@H](C)CNC(=O)OC(C)(C)C)OCC.c1ccccc1. The van der Waals surface area contributed by atoms with E-state index in [2.05, 4.69) is 32.4 Å². The number of ether oxygens (including phenoxy) is 3. The molecule has 1 aromatic carbocycles. The van der Waals surface area contributed by atoms with Crippen molar-refractivity contribution in [3.8, 4) is 11.8 Å². The van der Waals surface area contributed by atoms with Crippen LogP contribution in [0.2, 0.25) is 5.28 Å². The lowest BCUT2D eigenvalue weighted by Gasteiger charge is -2.21. The summed E-state index contributed by atoms with van der Waals surface area (Å²) in [5.41, 5.74) is -0.0145. The Hall–Kier alpha value is -2.86. The Morgan fingerprint density at radius 2 is 1.65 bits per heavy atom. The third-order valence-corrected chi connectivity index (χ3v) is 3.90. The molecule has 9 heteroatoms. The first-order chi connectivity index (χ1) is 16.1. The lowest BCUT2D eigenvalue weighted by molar-refractivity contribution is -0.0969. The average molecular weight is 491 g/mol. The first kappa shape index (κ1) is 29.2. The van der Waals surface area contributed by atoms with E-state index in [-0.39, 0.29) is 11.3 Å². The highest BCUT2D eigenvalue weighted by Gasteiger charge is 2.17. The summed E-state index contributed by atoms with van der Waals surface area (Å²) >= 11 is 5.91. The average Bonchev–Trinajstić information content (AvgIpc) is 2.78. The van der Waals surface area contributed by atoms with Crippen molar-refractivity contribution in [3.63, 3.8) is 0 Å². The van der Waals surface area contributed by atoms with Crippen molar-refractivity contribution in [2.24, 2.45) is 0 Å². The van der Waals surface area contributed by atoms with Crippen LogP contribution in [0.15, 0.2) is 42.6 Å². The normalized spacial score (nSPS) is 11.4. The molecule has 0 aliphatic rings. The van der Waals surface area contributed by atoms with Crippen molar-refractivity contribution in [2.45, 2.75) is 59.5 Å². The molecule has 0 bridgehead atoms. The third kappa shape index (κ3) is 13.6. The Balaban J connectivity index is 0.000000830. The highest BCUT2D eigenvalue weighted by atomic mass is 35.5. The van der Waals surface area contributed by atoms with Crippen molar-refractivity contribution >= 4 is 23.5 Å². The molecule has 8 nitrogen and oxygen atoms in total. The lowest BCUT2D eigenvalue weighted by Crippen LogP contribution is -2.38. The molecule has 0 radical (unpaired) electrons. The summed E-state index contributed by atoms with van der Waals surface area (Å²) in [5.74, 6) is 6.31. The number of aromatic nitrogens is 2. The van der Waals surface area contributed by atoms with Crippen molar-refractivity contribution < 1.29 is 19.0 Å². The van der Waals surface area contributed by atoms with Crippen LogP contribution in [0.1, 0.15) is 47.1 Å². The van der Waals surface area contributed by atoms with Crippen LogP contribution in [0, 0.1) is 11.8 Å². The maximum Gasteiger partial charge on any atom is 0.407 e.